The molecule has 4 rings (SSSR count). The van der Waals surface area contributed by atoms with Crippen LogP contribution in [0.5, 0.6) is 0 Å². The van der Waals surface area contributed by atoms with E-state index in [-0.39, 0.29) is 30.9 Å². The van der Waals surface area contributed by atoms with Crippen LogP contribution in [-0.2, 0) is 17.8 Å². The monoisotopic (exact) mass is 413 g/mol. The summed E-state index contributed by atoms with van der Waals surface area (Å²) >= 11 is 0. The summed E-state index contributed by atoms with van der Waals surface area (Å²) in [5, 5.41) is 3.70. The summed E-state index contributed by atoms with van der Waals surface area (Å²) in [4.78, 5) is 17.4. The predicted octanol–water partition coefficient (Wildman–Crippen LogP) is 3.27. The first-order valence-electron chi connectivity index (χ1n) is 10.0. The van der Waals surface area contributed by atoms with E-state index in [1.165, 1.54) is 30.5 Å². The summed E-state index contributed by atoms with van der Waals surface area (Å²) in [6.07, 6.45) is 6.07. The van der Waals surface area contributed by atoms with Crippen LogP contribution in [0, 0.1) is 5.92 Å². The van der Waals surface area contributed by atoms with E-state index in [2.05, 4.69) is 46.3 Å². The smallest absolute Gasteiger partial charge is 0.239 e. The lowest BCUT2D eigenvalue weighted by atomic mass is 9.98. The Morgan fingerprint density at radius 1 is 1.07 bits per heavy atom. The number of halogens is 2. The molecule has 0 bridgehead atoms. The Bertz CT molecular complexity index is 615. The molecule has 1 unspecified atom stereocenters. The molecule has 2 fully saturated rings. The van der Waals surface area contributed by atoms with Crippen molar-refractivity contribution in [3.63, 3.8) is 0 Å². The third kappa shape index (κ3) is 5.60. The van der Waals surface area contributed by atoms with Crippen molar-refractivity contribution in [2.75, 3.05) is 26.2 Å². The number of likely N-dealkylation sites (tertiary alicyclic amines) is 1. The molecule has 152 valence electrons. The summed E-state index contributed by atoms with van der Waals surface area (Å²) in [5.41, 5.74) is 2.83. The molecule has 1 atom stereocenters. The molecule has 1 saturated heterocycles. The fraction of sp³-hybridized carbons (Fsp3) is 0.667. The number of rotatable bonds is 5. The molecule has 1 N–H and O–H groups in total. The second-order valence-corrected chi connectivity index (χ2v) is 8.12. The fourth-order valence-corrected chi connectivity index (χ4v) is 4.23. The van der Waals surface area contributed by atoms with Gasteiger partial charge in [0, 0.05) is 32.2 Å². The minimum Gasteiger partial charge on any atom is -0.341 e. The van der Waals surface area contributed by atoms with Gasteiger partial charge in [-0.2, -0.15) is 0 Å². The Morgan fingerprint density at radius 3 is 2.41 bits per heavy atom. The maximum atomic E-state index is 13.0. The standard InChI is InChI=1S/C21H31N3O.2ClH/c1-16(24-11-8-18-4-2-3-5-19(18)15-24)21(25)23-12-9-20(10-13-23)22-14-17-6-7-17;;/h2-5,16-17,20,22H,6-15H2,1H3;2*1H. The van der Waals surface area contributed by atoms with Crippen molar-refractivity contribution < 1.29 is 4.79 Å². The van der Waals surface area contributed by atoms with E-state index in [0.29, 0.717) is 11.9 Å². The van der Waals surface area contributed by atoms with E-state index >= 15 is 0 Å². The minimum absolute atomic E-state index is 0. The van der Waals surface area contributed by atoms with Crippen LogP contribution < -0.4 is 5.32 Å². The molecule has 1 aromatic rings. The third-order valence-electron chi connectivity index (χ3n) is 6.26. The van der Waals surface area contributed by atoms with Gasteiger partial charge >= 0.3 is 0 Å². The average molecular weight is 414 g/mol. The van der Waals surface area contributed by atoms with Crippen LogP contribution in [0.1, 0.15) is 43.7 Å². The number of benzene rings is 1. The van der Waals surface area contributed by atoms with E-state index in [9.17, 15) is 4.79 Å². The van der Waals surface area contributed by atoms with Crippen molar-refractivity contribution in [1.29, 1.82) is 0 Å². The van der Waals surface area contributed by atoms with Crippen molar-refractivity contribution in [3.05, 3.63) is 35.4 Å². The molecule has 0 radical (unpaired) electrons. The largest absolute Gasteiger partial charge is 0.341 e. The first-order chi connectivity index (χ1) is 12.2. The van der Waals surface area contributed by atoms with E-state index in [0.717, 1.165) is 51.4 Å². The zero-order valence-electron chi connectivity index (χ0n) is 16.2. The van der Waals surface area contributed by atoms with Crippen LogP contribution in [0.15, 0.2) is 24.3 Å². The Morgan fingerprint density at radius 2 is 1.74 bits per heavy atom. The molecule has 0 aromatic heterocycles. The Kier molecular flexibility index (Phi) is 8.41. The van der Waals surface area contributed by atoms with Crippen LogP contribution in [0.25, 0.3) is 0 Å². The number of nitrogens with one attached hydrogen (secondary N) is 1. The topological polar surface area (TPSA) is 35.6 Å². The quantitative estimate of drug-likeness (QED) is 0.804. The average Bonchev–Trinajstić information content (AvgIpc) is 3.50. The summed E-state index contributed by atoms with van der Waals surface area (Å²) in [6, 6.07) is 9.25. The normalized spacial score (nSPS) is 21.6. The number of amides is 1. The van der Waals surface area contributed by atoms with Gasteiger partial charge in [-0.15, -0.1) is 24.8 Å². The van der Waals surface area contributed by atoms with Crippen LogP contribution in [0.4, 0.5) is 0 Å². The molecule has 1 aliphatic carbocycles. The molecule has 1 aromatic carbocycles. The van der Waals surface area contributed by atoms with Gasteiger partial charge in [0.15, 0.2) is 0 Å². The minimum atomic E-state index is -0.00988. The van der Waals surface area contributed by atoms with Gasteiger partial charge in [-0.3, -0.25) is 9.69 Å². The highest BCUT2D eigenvalue weighted by molar-refractivity contribution is 5.85. The summed E-state index contributed by atoms with van der Waals surface area (Å²) in [5.74, 6) is 1.25. The number of hydrogen-bond donors (Lipinski definition) is 1. The Labute approximate surface area is 175 Å². The van der Waals surface area contributed by atoms with Gasteiger partial charge in [0.2, 0.25) is 5.91 Å². The number of nitrogens with zero attached hydrogens (tertiary/aromatic N) is 2. The molecule has 1 saturated carbocycles. The molecular formula is C21H33Cl2N3O. The highest BCUT2D eigenvalue weighted by Crippen LogP contribution is 2.28. The number of carbonyl (C=O) groups is 1. The van der Waals surface area contributed by atoms with Gasteiger partial charge in [0.05, 0.1) is 6.04 Å². The van der Waals surface area contributed by atoms with Gasteiger partial charge in [0.25, 0.3) is 0 Å². The molecule has 27 heavy (non-hydrogen) atoms. The lowest BCUT2D eigenvalue weighted by molar-refractivity contribution is -0.138. The zero-order valence-corrected chi connectivity index (χ0v) is 17.9. The highest BCUT2D eigenvalue weighted by atomic mass is 35.5. The molecule has 2 aliphatic heterocycles. The van der Waals surface area contributed by atoms with Crippen LogP contribution >= 0.6 is 24.8 Å². The second kappa shape index (κ2) is 10.1. The maximum Gasteiger partial charge on any atom is 0.239 e. The van der Waals surface area contributed by atoms with Crippen LogP contribution in [0.2, 0.25) is 0 Å². The first-order valence-corrected chi connectivity index (χ1v) is 10.0. The van der Waals surface area contributed by atoms with Crippen molar-refractivity contribution in [2.24, 2.45) is 5.92 Å². The van der Waals surface area contributed by atoms with E-state index < -0.39 is 0 Å². The van der Waals surface area contributed by atoms with E-state index in [1.807, 2.05) is 0 Å². The molecular weight excluding hydrogens is 381 g/mol. The van der Waals surface area contributed by atoms with Crippen LogP contribution in [0.3, 0.4) is 0 Å². The zero-order chi connectivity index (χ0) is 17.2. The van der Waals surface area contributed by atoms with Crippen molar-refractivity contribution in [1.82, 2.24) is 15.1 Å². The summed E-state index contributed by atoms with van der Waals surface area (Å²) in [6.45, 7) is 6.99. The van der Waals surface area contributed by atoms with Crippen molar-refractivity contribution in [3.8, 4) is 0 Å². The molecule has 2 heterocycles. The molecule has 4 nitrogen and oxygen atoms in total. The van der Waals surface area contributed by atoms with Gasteiger partial charge in [-0.1, -0.05) is 24.3 Å². The van der Waals surface area contributed by atoms with E-state index in [4.69, 9.17) is 0 Å². The van der Waals surface area contributed by atoms with Gasteiger partial charge in [-0.25, -0.2) is 0 Å². The number of hydrogen-bond acceptors (Lipinski definition) is 3. The lowest BCUT2D eigenvalue weighted by Gasteiger charge is -2.38. The Hall–Kier alpha value is -0.810. The third-order valence-corrected chi connectivity index (χ3v) is 6.26. The summed E-state index contributed by atoms with van der Waals surface area (Å²) in [7, 11) is 0. The van der Waals surface area contributed by atoms with Crippen LogP contribution in [-0.4, -0.2) is 54.0 Å². The van der Waals surface area contributed by atoms with E-state index in [1.54, 1.807) is 0 Å². The fourth-order valence-electron chi connectivity index (χ4n) is 4.23. The lowest BCUT2D eigenvalue weighted by Crippen LogP contribution is -2.52. The number of fused-ring (bicyclic) bond motifs is 1. The highest BCUT2D eigenvalue weighted by Gasteiger charge is 2.31. The SMILES string of the molecule is CC(C(=O)N1CCC(NCC2CC2)CC1)N1CCc2ccccc2C1.Cl.Cl. The number of piperidine rings is 1. The predicted molar refractivity (Wildman–Crippen MR) is 115 cm³/mol. The maximum absolute atomic E-state index is 13.0. The summed E-state index contributed by atoms with van der Waals surface area (Å²) < 4.78 is 0. The molecule has 3 aliphatic rings. The number of carbonyl (C=O) groups excluding carboxylic acids is 1. The first kappa shape index (κ1) is 22.5. The molecule has 6 heteroatoms. The van der Waals surface area contributed by atoms with Crippen molar-refractivity contribution in [2.45, 2.75) is 57.7 Å². The van der Waals surface area contributed by atoms with Gasteiger partial charge in [-0.05, 0) is 62.6 Å². The van der Waals surface area contributed by atoms with Gasteiger partial charge < -0.3 is 10.2 Å². The van der Waals surface area contributed by atoms with Crippen molar-refractivity contribution >= 4 is 30.7 Å². The Balaban J connectivity index is 0.00000131. The van der Waals surface area contributed by atoms with Gasteiger partial charge in [0.1, 0.15) is 0 Å². The second-order valence-electron chi connectivity index (χ2n) is 8.12. The molecule has 1 amide bonds. The molecule has 0 spiro atoms.